The lowest BCUT2D eigenvalue weighted by Gasteiger charge is -2.13. The van der Waals surface area contributed by atoms with E-state index in [0.717, 1.165) is 30.9 Å². The number of aromatic nitrogens is 3. The summed E-state index contributed by atoms with van der Waals surface area (Å²) < 4.78 is 1.86. The Balaban J connectivity index is 2.09. The van der Waals surface area contributed by atoms with Crippen LogP contribution in [0.4, 0.5) is 0 Å². The molecule has 0 atom stereocenters. The maximum absolute atomic E-state index is 4.78. The third-order valence-electron chi connectivity index (χ3n) is 3.41. The molecule has 1 aliphatic heterocycles. The van der Waals surface area contributed by atoms with E-state index in [1.807, 2.05) is 16.9 Å². The number of rotatable bonds is 2. The summed E-state index contributed by atoms with van der Waals surface area (Å²) in [5.74, 6) is 0.451. The molecule has 2 aromatic rings. The van der Waals surface area contributed by atoms with E-state index in [0.29, 0.717) is 5.92 Å². The van der Waals surface area contributed by atoms with Gasteiger partial charge in [-0.15, -0.1) is 0 Å². The Morgan fingerprint density at radius 2 is 2.28 bits per heavy atom. The molecule has 2 aromatic heterocycles. The minimum Gasteiger partial charge on any atom is -0.313 e. The van der Waals surface area contributed by atoms with Crippen LogP contribution in [0.3, 0.4) is 0 Å². The fourth-order valence-electron chi connectivity index (χ4n) is 2.33. The Labute approximate surface area is 107 Å². The number of nitrogens with one attached hydrogen (secondary N) is 1. The lowest BCUT2D eigenvalue weighted by atomic mass is 10.1. The van der Waals surface area contributed by atoms with Crippen LogP contribution in [0.1, 0.15) is 37.4 Å². The second-order valence-electron chi connectivity index (χ2n) is 5.02. The van der Waals surface area contributed by atoms with Gasteiger partial charge in [0.1, 0.15) is 0 Å². The van der Waals surface area contributed by atoms with Crippen LogP contribution in [0.5, 0.6) is 0 Å². The largest absolute Gasteiger partial charge is 0.313 e. The van der Waals surface area contributed by atoms with Gasteiger partial charge < -0.3 is 5.32 Å². The molecule has 0 spiro atoms. The van der Waals surface area contributed by atoms with E-state index in [2.05, 4.69) is 36.4 Å². The van der Waals surface area contributed by atoms with Crippen molar-refractivity contribution in [3.05, 3.63) is 35.8 Å². The molecule has 3 heterocycles. The highest BCUT2D eigenvalue weighted by atomic mass is 15.2. The molecule has 0 saturated carbocycles. The summed E-state index contributed by atoms with van der Waals surface area (Å²) in [5.41, 5.74) is 4.63. The minimum absolute atomic E-state index is 0.451. The monoisotopic (exact) mass is 242 g/mol. The van der Waals surface area contributed by atoms with Crippen LogP contribution in [0, 0.1) is 0 Å². The van der Waals surface area contributed by atoms with Crippen molar-refractivity contribution < 1.29 is 0 Å². The van der Waals surface area contributed by atoms with Crippen LogP contribution in [0.15, 0.2) is 24.5 Å². The fourth-order valence-corrected chi connectivity index (χ4v) is 2.33. The predicted octanol–water partition coefficient (Wildman–Crippen LogP) is 2.23. The summed E-state index contributed by atoms with van der Waals surface area (Å²) in [5, 5.41) is 7.67. The maximum Gasteiger partial charge on any atom is 0.159 e. The van der Waals surface area contributed by atoms with Crippen molar-refractivity contribution in [2.45, 2.75) is 26.2 Å². The average molecular weight is 242 g/mol. The van der Waals surface area contributed by atoms with Crippen molar-refractivity contribution in [2.24, 2.45) is 0 Å². The predicted molar refractivity (Wildman–Crippen MR) is 72.5 cm³/mol. The van der Waals surface area contributed by atoms with Gasteiger partial charge in [0.2, 0.25) is 0 Å². The molecule has 4 heteroatoms. The van der Waals surface area contributed by atoms with E-state index in [4.69, 9.17) is 4.98 Å². The van der Waals surface area contributed by atoms with Crippen molar-refractivity contribution >= 4 is 11.2 Å². The molecule has 4 nitrogen and oxygen atoms in total. The van der Waals surface area contributed by atoms with Gasteiger partial charge in [-0.1, -0.05) is 19.9 Å². The van der Waals surface area contributed by atoms with Crippen molar-refractivity contribution in [1.82, 2.24) is 19.9 Å². The van der Waals surface area contributed by atoms with Crippen LogP contribution in [0.25, 0.3) is 11.2 Å². The van der Waals surface area contributed by atoms with E-state index in [1.54, 1.807) is 0 Å². The topological polar surface area (TPSA) is 42.2 Å². The van der Waals surface area contributed by atoms with E-state index >= 15 is 0 Å². The normalized spacial score (nSPS) is 16.3. The van der Waals surface area contributed by atoms with Crippen LogP contribution < -0.4 is 5.32 Å². The Bertz CT molecular complexity index is 595. The van der Waals surface area contributed by atoms with Gasteiger partial charge in [-0.2, -0.15) is 5.10 Å². The number of hydrogen-bond donors (Lipinski definition) is 1. The van der Waals surface area contributed by atoms with E-state index < -0.39 is 0 Å². The molecule has 0 aromatic carbocycles. The first-order valence-corrected chi connectivity index (χ1v) is 6.50. The summed E-state index contributed by atoms with van der Waals surface area (Å²) in [6.07, 6.45) is 7.21. The molecular formula is C14H18N4. The van der Waals surface area contributed by atoms with Gasteiger partial charge in [-0.25, -0.2) is 9.50 Å². The summed E-state index contributed by atoms with van der Waals surface area (Å²) in [6, 6.07) is 2.06. The first kappa shape index (κ1) is 11.4. The van der Waals surface area contributed by atoms with Gasteiger partial charge >= 0.3 is 0 Å². The van der Waals surface area contributed by atoms with E-state index in [-0.39, 0.29) is 0 Å². The number of fused-ring (bicyclic) bond motifs is 1. The Kier molecular flexibility index (Phi) is 2.88. The highest BCUT2D eigenvalue weighted by Gasteiger charge is 2.12. The van der Waals surface area contributed by atoms with E-state index in [1.165, 1.54) is 11.1 Å². The van der Waals surface area contributed by atoms with Crippen LogP contribution >= 0.6 is 0 Å². The molecular weight excluding hydrogens is 224 g/mol. The highest BCUT2D eigenvalue weighted by Crippen LogP contribution is 2.22. The first-order valence-electron chi connectivity index (χ1n) is 6.50. The molecule has 1 N–H and O–H groups in total. The Morgan fingerprint density at radius 3 is 3.00 bits per heavy atom. The fraction of sp³-hybridized carbons (Fsp3) is 0.429. The summed E-state index contributed by atoms with van der Waals surface area (Å²) >= 11 is 0. The zero-order chi connectivity index (χ0) is 12.5. The molecule has 0 bridgehead atoms. The third kappa shape index (κ3) is 1.93. The van der Waals surface area contributed by atoms with Gasteiger partial charge in [-0.3, -0.25) is 0 Å². The minimum atomic E-state index is 0.451. The molecule has 0 amide bonds. The highest BCUT2D eigenvalue weighted by molar-refractivity contribution is 5.65. The number of hydrogen-bond acceptors (Lipinski definition) is 3. The lowest BCUT2D eigenvalue weighted by molar-refractivity contribution is 0.736. The molecule has 0 aliphatic carbocycles. The third-order valence-corrected chi connectivity index (χ3v) is 3.41. The Hall–Kier alpha value is -1.68. The van der Waals surface area contributed by atoms with Crippen molar-refractivity contribution in [3.8, 4) is 0 Å². The van der Waals surface area contributed by atoms with Crippen LogP contribution in [-0.4, -0.2) is 27.7 Å². The molecule has 3 rings (SSSR count). The summed E-state index contributed by atoms with van der Waals surface area (Å²) in [7, 11) is 0. The zero-order valence-electron chi connectivity index (χ0n) is 10.8. The molecule has 1 aliphatic rings. The van der Waals surface area contributed by atoms with Crippen molar-refractivity contribution in [2.75, 3.05) is 13.1 Å². The number of nitrogens with zero attached hydrogens (tertiary/aromatic N) is 3. The second kappa shape index (κ2) is 4.53. The van der Waals surface area contributed by atoms with Gasteiger partial charge in [0.05, 0.1) is 11.9 Å². The molecule has 18 heavy (non-hydrogen) atoms. The second-order valence-corrected chi connectivity index (χ2v) is 5.02. The molecule has 0 radical (unpaired) electrons. The molecule has 94 valence electrons. The zero-order valence-corrected chi connectivity index (χ0v) is 10.8. The smallest absolute Gasteiger partial charge is 0.159 e. The lowest BCUT2D eigenvalue weighted by Crippen LogP contribution is -2.20. The SMILES string of the molecule is CC(C)c1cnn2ccc(C3=CCNCC3)nc12. The van der Waals surface area contributed by atoms with Gasteiger partial charge in [0.25, 0.3) is 0 Å². The van der Waals surface area contributed by atoms with Crippen molar-refractivity contribution in [3.63, 3.8) is 0 Å². The van der Waals surface area contributed by atoms with Gasteiger partial charge in [0, 0.05) is 18.3 Å². The standard InChI is InChI=1S/C14H18N4/c1-10(2)12-9-16-18-8-5-13(17-14(12)18)11-3-6-15-7-4-11/h3,5,8-10,15H,4,6-7H2,1-2H3. The maximum atomic E-state index is 4.78. The summed E-state index contributed by atoms with van der Waals surface area (Å²) in [6.45, 7) is 6.33. The molecule has 0 unspecified atom stereocenters. The first-order chi connectivity index (χ1) is 8.75. The summed E-state index contributed by atoms with van der Waals surface area (Å²) in [4.78, 5) is 4.78. The van der Waals surface area contributed by atoms with Gasteiger partial charge in [0.15, 0.2) is 5.65 Å². The van der Waals surface area contributed by atoms with E-state index in [9.17, 15) is 0 Å². The average Bonchev–Trinajstić information content (AvgIpc) is 2.82. The van der Waals surface area contributed by atoms with Crippen LogP contribution in [0.2, 0.25) is 0 Å². The molecule has 0 fully saturated rings. The quantitative estimate of drug-likeness (QED) is 0.878. The Morgan fingerprint density at radius 1 is 1.39 bits per heavy atom. The molecule has 0 saturated heterocycles. The van der Waals surface area contributed by atoms with Gasteiger partial charge in [-0.05, 0) is 30.5 Å². The van der Waals surface area contributed by atoms with Crippen LogP contribution in [-0.2, 0) is 0 Å². The van der Waals surface area contributed by atoms with Crippen molar-refractivity contribution in [1.29, 1.82) is 0 Å².